The maximum atomic E-state index is 12.8. The molecular formula is C27H20Cl2N2O4S. The average molecular weight is 539 g/mol. The molecule has 5 aromatic rings. The first-order valence-corrected chi connectivity index (χ1v) is 13.5. The van der Waals surface area contributed by atoms with Gasteiger partial charge in [-0.25, -0.2) is 8.42 Å². The zero-order valence-corrected chi connectivity index (χ0v) is 21.4. The van der Waals surface area contributed by atoms with Crippen molar-refractivity contribution in [3.8, 4) is 0 Å². The first-order valence-electron chi connectivity index (χ1n) is 10.9. The van der Waals surface area contributed by atoms with Crippen LogP contribution in [-0.2, 0) is 16.6 Å². The van der Waals surface area contributed by atoms with E-state index in [1.807, 2.05) is 36.4 Å². The number of furan rings is 1. The van der Waals surface area contributed by atoms with Crippen molar-refractivity contribution in [3.63, 3.8) is 0 Å². The Balaban J connectivity index is 1.34. The number of sulfonamides is 1. The van der Waals surface area contributed by atoms with Crippen LogP contribution in [0.25, 0.3) is 21.9 Å². The third-order valence-corrected chi connectivity index (χ3v) is 7.42. The molecule has 36 heavy (non-hydrogen) atoms. The van der Waals surface area contributed by atoms with Crippen LogP contribution in [0.15, 0.2) is 89.3 Å². The van der Waals surface area contributed by atoms with Crippen molar-refractivity contribution in [1.82, 2.24) is 0 Å². The standard InChI is InChI=1S/C27H20Cl2N2O4S/c1-36(33,34)31(24-13-10-19(28)14-23(24)29)16-17-6-8-18(9-7-17)27(32)30-20-11-12-22-21-4-2-3-5-25(21)35-26(22)15-20/h2-15H,16H2,1H3,(H,30,32). The molecule has 0 unspecified atom stereocenters. The zero-order valence-electron chi connectivity index (χ0n) is 19.0. The molecule has 1 N–H and O–H groups in total. The van der Waals surface area contributed by atoms with E-state index in [1.165, 1.54) is 10.4 Å². The second kappa shape index (κ2) is 9.50. The van der Waals surface area contributed by atoms with Crippen LogP contribution in [-0.4, -0.2) is 20.6 Å². The van der Waals surface area contributed by atoms with Gasteiger partial charge in [0.25, 0.3) is 5.91 Å². The van der Waals surface area contributed by atoms with Crippen LogP contribution in [0.3, 0.4) is 0 Å². The van der Waals surface area contributed by atoms with Crippen molar-refractivity contribution < 1.29 is 17.6 Å². The summed E-state index contributed by atoms with van der Waals surface area (Å²) in [6.45, 7) is 0.0464. The molecule has 0 bridgehead atoms. The molecule has 5 rings (SSSR count). The van der Waals surface area contributed by atoms with Gasteiger partial charge in [-0.15, -0.1) is 0 Å². The van der Waals surface area contributed by atoms with Crippen molar-refractivity contribution in [1.29, 1.82) is 0 Å². The average Bonchev–Trinajstić information content (AvgIpc) is 3.20. The van der Waals surface area contributed by atoms with Gasteiger partial charge in [-0.2, -0.15) is 0 Å². The third kappa shape index (κ3) is 4.91. The summed E-state index contributed by atoms with van der Waals surface area (Å²) in [7, 11) is -3.63. The molecule has 0 aliphatic rings. The molecular weight excluding hydrogens is 519 g/mol. The number of halogens is 2. The maximum absolute atomic E-state index is 12.8. The molecule has 0 saturated heterocycles. The lowest BCUT2D eigenvalue weighted by molar-refractivity contribution is 0.102. The van der Waals surface area contributed by atoms with Gasteiger partial charge >= 0.3 is 0 Å². The number of benzene rings is 4. The summed E-state index contributed by atoms with van der Waals surface area (Å²) in [5, 5.41) is 5.51. The Morgan fingerprint density at radius 1 is 0.889 bits per heavy atom. The topological polar surface area (TPSA) is 79.6 Å². The van der Waals surface area contributed by atoms with E-state index in [0.717, 1.165) is 22.6 Å². The Morgan fingerprint density at radius 3 is 2.33 bits per heavy atom. The van der Waals surface area contributed by atoms with Crippen molar-refractivity contribution in [2.24, 2.45) is 0 Å². The monoisotopic (exact) mass is 538 g/mol. The second-order valence-corrected chi connectivity index (χ2v) is 11.1. The molecule has 1 heterocycles. The summed E-state index contributed by atoms with van der Waals surface area (Å²) in [4.78, 5) is 12.8. The highest BCUT2D eigenvalue weighted by Crippen LogP contribution is 2.32. The molecule has 4 aromatic carbocycles. The lowest BCUT2D eigenvalue weighted by Gasteiger charge is -2.23. The fourth-order valence-corrected chi connectivity index (χ4v) is 5.46. The number of nitrogens with one attached hydrogen (secondary N) is 1. The maximum Gasteiger partial charge on any atom is 0.255 e. The van der Waals surface area contributed by atoms with E-state index < -0.39 is 10.0 Å². The summed E-state index contributed by atoms with van der Waals surface area (Å²) in [5.74, 6) is -0.294. The summed E-state index contributed by atoms with van der Waals surface area (Å²) in [6.07, 6.45) is 1.11. The number of fused-ring (bicyclic) bond motifs is 3. The molecule has 0 atom stereocenters. The summed E-state index contributed by atoms with van der Waals surface area (Å²) in [6, 6.07) is 24.6. The van der Waals surface area contributed by atoms with Crippen LogP contribution < -0.4 is 9.62 Å². The smallest absolute Gasteiger partial charge is 0.255 e. The number of nitrogens with zero attached hydrogens (tertiary/aromatic N) is 1. The Hall–Kier alpha value is -3.52. The number of carbonyl (C=O) groups is 1. The minimum absolute atomic E-state index is 0.0464. The first-order chi connectivity index (χ1) is 17.2. The van der Waals surface area contributed by atoms with E-state index in [9.17, 15) is 13.2 Å². The molecule has 0 fully saturated rings. The Bertz CT molecular complexity index is 1710. The van der Waals surface area contributed by atoms with Gasteiger partial charge in [0.2, 0.25) is 10.0 Å². The predicted molar refractivity (Wildman–Crippen MR) is 146 cm³/mol. The van der Waals surface area contributed by atoms with Crippen molar-refractivity contribution in [2.45, 2.75) is 6.54 Å². The highest BCUT2D eigenvalue weighted by molar-refractivity contribution is 7.92. The van der Waals surface area contributed by atoms with Gasteiger partial charge in [0, 0.05) is 33.1 Å². The van der Waals surface area contributed by atoms with Crippen molar-refractivity contribution in [3.05, 3.63) is 106 Å². The van der Waals surface area contributed by atoms with Gasteiger partial charge in [0.1, 0.15) is 11.2 Å². The summed E-state index contributed by atoms with van der Waals surface area (Å²) in [5.41, 5.74) is 3.52. The predicted octanol–water partition coefficient (Wildman–Crippen LogP) is 7.11. The molecule has 0 spiro atoms. The molecule has 1 amide bonds. The number of carbonyl (C=O) groups excluding carboxylic acids is 1. The zero-order chi connectivity index (χ0) is 25.4. The van der Waals surface area contributed by atoms with Crippen LogP contribution in [0.4, 0.5) is 11.4 Å². The highest BCUT2D eigenvalue weighted by Gasteiger charge is 2.21. The number of anilines is 2. The van der Waals surface area contributed by atoms with E-state index in [0.29, 0.717) is 33.1 Å². The number of rotatable bonds is 6. The molecule has 0 radical (unpaired) electrons. The fraction of sp³-hybridized carbons (Fsp3) is 0.0741. The van der Waals surface area contributed by atoms with E-state index in [1.54, 1.807) is 42.5 Å². The van der Waals surface area contributed by atoms with Crippen LogP contribution in [0.5, 0.6) is 0 Å². The highest BCUT2D eigenvalue weighted by atomic mass is 35.5. The van der Waals surface area contributed by atoms with Gasteiger partial charge in [-0.1, -0.05) is 53.5 Å². The quantitative estimate of drug-likeness (QED) is 0.249. The van der Waals surface area contributed by atoms with Crippen LogP contribution in [0.2, 0.25) is 10.0 Å². The molecule has 182 valence electrons. The van der Waals surface area contributed by atoms with Crippen molar-refractivity contribution in [2.75, 3.05) is 15.9 Å². The number of para-hydroxylation sites is 1. The Kier molecular flexibility index (Phi) is 6.38. The van der Waals surface area contributed by atoms with Gasteiger partial charge in [-0.05, 0) is 54.1 Å². The van der Waals surface area contributed by atoms with Gasteiger partial charge < -0.3 is 9.73 Å². The number of amides is 1. The molecule has 0 aliphatic carbocycles. The van der Waals surface area contributed by atoms with Crippen LogP contribution in [0, 0.1) is 0 Å². The molecule has 9 heteroatoms. The van der Waals surface area contributed by atoms with Gasteiger partial charge in [-0.3, -0.25) is 9.10 Å². The van der Waals surface area contributed by atoms with Gasteiger partial charge in [0.05, 0.1) is 23.5 Å². The number of hydrogen-bond donors (Lipinski definition) is 1. The van der Waals surface area contributed by atoms with Gasteiger partial charge in [0.15, 0.2) is 0 Å². The summed E-state index contributed by atoms with van der Waals surface area (Å²) < 4.78 is 32.0. The first kappa shape index (κ1) is 24.2. The van der Waals surface area contributed by atoms with E-state index in [2.05, 4.69) is 5.32 Å². The van der Waals surface area contributed by atoms with E-state index >= 15 is 0 Å². The Labute approximate surface area is 218 Å². The largest absolute Gasteiger partial charge is 0.456 e. The molecule has 1 aromatic heterocycles. The van der Waals surface area contributed by atoms with Crippen molar-refractivity contribution >= 4 is 72.4 Å². The summed E-state index contributed by atoms with van der Waals surface area (Å²) >= 11 is 12.2. The number of hydrogen-bond acceptors (Lipinski definition) is 4. The molecule has 6 nitrogen and oxygen atoms in total. The molecule has 0 aliphatic heterocycles. The van der Waals surface area contributed by atoms with E-state index in [-0.39, 0.29) is 17.5 Å². The lowest BCUT2D eigenvalue weighted by Crippen LogP contribution is -2.29. The SMILES string of the molecule is CS(=O)(=O)N(Cc1ccc(C(=O)Nc2ccc3c(c2)oc2ccccc23)cc1)c1ccc(Cl)cc1Cl. The lowest BCUT2D eigenvalue weighted by atomic mass is 10.1. The fourth-order valence-electron chi connectivity index (χ4n) is 4.00. The second-order valence-electron chi connectivity index (χ2n) is 8.33. The van der Waals surface area contributed by atoms with E-state index in [4.69, 9.17) is 27.6 Å². The Morgan fingerprint density at radius 2 is 1.61 bits per heavy atom. The van der Waals surface area contributed by atoms with Crippen LogP contribution in [0.1, 0.15) is 15.9 Å². The van der Waals surface area contributed by atoms with Crippen LogP contribution >= 0.6 is 23.2 Å². The normalized spacial score (nSPS) is 11.6. The molecule has 0 saturated carbocycles. The third-order valence-electron chi connectivity index (χ3n) is 5.76. The minimum Gasteiger partial charge on any atom is -0.456 e. The minimum atomic E-state index is -3.63.